The van der Waals surface area contributed by atoms with Crippen molar-refractivity contribution < 1.29 is 18.7 Å². The van der Waals surface area contributed by atoms with Gasteiger partial charge in [-0.05, 0) is 42.5 Å². The highest BCUT2D eigenvalue weighted by atomic mass is 35.5. The highest BCUT2D eigenvalue weighted by Crippen LogP contribution is 2.24. The van der Waals surface area contributed by atoms with Crippen LogP contribution in [0.5, 0.6) is 5.75 Å². The average Bonchev–Trinajstić information content (AvgIpc) is 2.77. The van der Waals surface area contributed by atoms with Crippen LogP contribution in [-0.4, -0.2) is 25.1 Å². The number of benzene rings is 3. The molecule has 0 aliphatic heterocycles. The van der Waals surface area contributed by atoms with E-state index >= 15 is 0 Å². The zero-order valence-corrected chi connectivity index (χ0v) is 17.1. The molecule has 0 aromatic heterocycles. The van der Waals surface area contributed by atoms with Gasteiger partial charge in [0, 0.05) is 28.0 Å². The van der Waals surface area contributed by atoms with Gasteiger partial charge in [-0.25, -0.2) is 9.82 Å². The normalized spacial score (nSPS) is 10.5. The van der Waals surface area contributed by atoms with Crippen LogP contribution in [0.25, 0.3) is 0 Å². The van der Waals surface area contributed by atoms with Crippen molar-refractivity contribution in [1.82, 2.24) is 5.43 Å². The molecule has 0 aliphatic carbocycles. The summed E-state index contributed by atoms with van der Waals surface area (Å²) in [5, 5.41) is 9.61. The Morgan fingerprint density at radius 3 is 2.58 bits per heavy atom. The summed E-state index contributed by atoms with van der Waals surface area (Å²) >= 11 is 6.03. The first-order chi connectivity index (χ1) is 15.0. The molecule has 0 aliphatic rings. The molecule has 2 amide bonds. The van der Waals surface area contributed by atoms with Crippen LogP contribution in [0.3, 0.4) is 0 Å². The minimum absolute atomic E-state index is 0.265. The maximum atomic E-state index is 13.9. The Kier molecular flexibility index (Phi) is 7.18. The smallest absolute Gasteiger partial charge is 0.329 e. The summed E-state index contributed by atoms with van der Waals surface area (Å²) in [4.78, 5) is 24.1. The second kappa shape index (κ2) is 10.2. The fraction of sp³-hybridized carbons (Fsp3) is 0.0455. The topological polar surface area (TPSA) is 91.8 Å². The molecule has 3 N–H and O–H groups in total. The molecule has 0 bridgehead atoms. The Balaban J connectivity index is 1.67. The first-order valence-electron chi connectivity index (χ1n) is 9.06. The number of ether oxygens (including phenoxy) is 1. The zero-order chi connectivity index (χ0) is 22.2. The van der Waals surface area contributed by atoms with Gasteiger partial charge in [0.2, 0.25) is 0 Å². The number of carbonyl (C=O) groups is 2. The second-order valence-corrected chi connectivity index (χ2v) is 6.66. The summed E-state index contributed by atoms with van der Waals surface area (Å²) in [6.45, 7) is 0. The number of anilines is 3. The van der Waals surface area contributed by atoms with E-state index in [2.05, 4.69) is 21.2 Å². The fourth-order valence-corrected chi connectivity index (χ4v) is 2.74. The number of hydrazone groups is 1. The standard InChI is InChI=1S/C22H18ClFN4O3/c1-31-17-6-4-5-16(12-17)26-21(29)22(30)28-25-13-14-11-15(23)9-10-19(14)27-20-8-3-2-7-18(20)24/h2-13,27H,1H3,(H,26,29)(H,28,30)/b25-13-. The summed E-state index contributed by atoms with van der Waals surface area (Å²) < 4.78 is 19.0. The van der Waals surface area contributed by atoms with Crippen LogP contribution in [-0.2, 0) is 9.59 Å². The number of amides is 2. The van der Waals surface area contributed by atoms with Crippen molar-refractivity contribution in [2.45, 2.75) is 0 Å². The highest BCUT2D eigenvalue weighted by molar-refractivity contribution is 6.39. The van der Waals surface area contributed by atoms with Gasteiger partial charge < -0.3 is 15.4 Å². The lowest BCUT2D eigenvalue weighted by Gasteiger charge is -2.10. The van der Waals surface area contributed by atoms with Gasteiger partial charge in [0.05, 0.1) is 19.0 Å². The molecule has 0 unspecified atom stereocenters. The van der Waals surface area contributed by atoms with E-state index in [1.54, 1.807) is 60.7 Å². The summed E-state index contributed by atoms with van der Waals surface area (Å²) in [5.74, 6) is -1.76. The Morgan fingerprint density at radius 1 is 1.00 bits per heavy atom. The molecule has 0 saturated carbocycles. The van der Waals surface area contributed by atoms with Gasteiger partial charge in [-0.3, -0.25) is 9.59 Å². The SMILES string of the molecule is COc1cccc(NC(=O)C(=O)N/N=C\c2cc(Cl)ccc2Nc2ccccc2F)c1. The van der Waals surface area contributed by atoms with Crippen LogP contribution < -0.4 is 20.8 Å². The Bertz CT molecular complexity index is 1140. The molecular formula is C22H18ClFN4O3. The molecule has 9 heteroatoms. The molecule has 0 atom stereocenters. The maximum absolute atomic E-state index is 13.9. The average molecular weight is 441 g/mol. The maximum Gasteiger partial charge on any atom is 0.329 e. The van der Waals surface area contributed by atoms with Crippen LogP contribution in [0.4, 0.5) is 21.5 Å². The predicted octanol–water partition coefficient (Wildman–Crippen LogP) is 4.32. The lowest BCUT2D eigenvalue weighted by Crippen LogP contribution is -2.32. The summed E-state index contributed by atoms with van der Waals surface area (Å²) in [7, 11) is 1.49. The van der Waals surface area contributed by atoms with Gasteiger partial charge in [0.1, 0.15) is 11.6 Å². The second-order valence-electron chi connectivity index (χ2n) is 6.22. The first-order valence-corrected chi connectivity index (χ1v) is 9.43. The van der Waals surface area contributed by atoms with E-state index < -0.39 is 17.6 Å². The van der Waals surface area contributed by atoms with E-state index in [4.69, 9.17) is 16.3 Å². The number of hydrogen-bond donors (Lipinski definition) is 3. The van der Waals surface area contributed by atoms with Gasteiger partial charge in [0.25, 0.3) is 0 Å². The van der Waals surface area contributed by atoms with Crippen molar-refractivity contribution in [3.63, 3.8) is 0 Å². The molecule has 3 rings (SSSR count). The molecular weight excluding hydrogens is 423 g/mol. The van der Waals surface area contributed by atoms with Gasteiger partial charge in [-0.1, -0.05) is 29.8 Å². The summed E-state index contributed by atoms with van der Waals surface area (Å²) in [6, 6.07) is 17.6. The lowest BCUT2D eigenvalue weighted by molar-refractivity contribution is -0.136. The molecule has 0 saturated heterocycles. The third-order valence-electron chi connectivity index (χ3n) is 4.06. The van der Waals surface area contributed by atoms with Crippen LogP contribution in [0.15, 0.2) is 71.8 Å². The van der Waals surface area contributed by atoms with Gasteiger partial charge in [-0.2, -0.15) is 5.10 Å². The van der Waals surface area contributed by atoms with Crippen molar-refractivity contribution >= 4 is 46.7 Å². The number of carbonyl (C=O) groups excluding carboxylic acids is 2. The third-order valence-corrected chi connectivity index (χ3v) is 4.30. The van der Waals surface area contributed by atoms with Crippen LogP contribution in [0.1, 0.15) is 5.56 Å². The third kappa shape index (κ3) is 6.03. The van der Waals surface area contributed by atoms with Gasteiger partial charge in [0.15, 0.2) is 0 Å². The van der Waals surface area contributed by atoms with E-state index in [-0.39, 0.29) is 5.69 Å². The number of methoxy groups -OCH3 is 1. The molecule has 0 radical (unpaired) electrons. The quantitative estimate of drug-likeness (QED) is 0.302. The van der Waals surface area contributed by atoms with Crippen molar-refractivity contribution in [3.8, 4) is 5.75 Å². The van der Waals surface area contributed by atoms with Crippen LogP contribution in [0, 0.1) is 5.82 Å². The van der Waals surface area contributed by atoms with Crippen molar-refractivity contribution in [1.29, 1.82) is 0 Å². The minimum atomic E-state index is -0.968. The Hall–Kier alpha value is -3.91. The van der Waals surface area contributed by atoms with E-state index in [1.807, 2.05) is 0 Å². The molecule has 31 heavy (non-hydrogen) atoms. The number of halogens is 2. The Morgan fingerprint density at radius 2 is 1.81 bits per heavy atom. The Labute approximate surface area is 182 Å². The van der Waals surface area contributed by atoms with Crippen LogP contribution >= 0.6 is 11.6 Å². The van der Waals surface area contributed by atoms with E-state index in [1.165, 1.54) is 19.4 Å². The van der Waals surface area contributed by atoms with Crippen molar-refractivity contribution in [2.24, 2.45) is 5.10 Å². The first kappa shape index (κ1) is 21.8. The number of nitrogens with zero attached hydrogens (tertiary/aromatic N) is 1. The summed E-state index contributed by atoms with van der Waals surface area (Å²) in [5.41, 5.74) is 3.79. The molecule has 7 nitrogen and oxygen atoms in total. The summed E-state index contributed by atoms with van der Waals surface area (Å²) in [6.07, 6.45) is 1.30. The highest BCUT2D eigenvalue weighted by Gasteiger charge is 2.13. The molecule has 3 aromatic rings. The monoisotopic (exact) mass is 440 g/mol. The lowest BCUT2D eigenvalue weighted by atomic mass is 10.2. The van der Waals surface area contributed by atoms with Gasteiger partial charge >= 0.3 is 11.8 Å². The van der Waals surface area contributed by atoms with E-state index in [0.717, 1.165) is 0 Å². The minimum Gasteiger partial charge on any atom is -0.497 e. The van der Waals surface area contributed by atoms with E-state index in [9.17, 15) is 14.0 Å². The fourth-order valence-electron chi connectivity index (χ4n) is 2.56. The van der Waals surface area contributed by atoms with E-state index in [0.29, 0.717) is 27.7 Å². The van der Waals surface area contributed by atoms with Crippen molar-refractivity contribution in [2.75, 3.05) is 17.7 Å². The van der Waals surface area contributed by atoms with Gasteiger partial charge in [-0.15, -0.1) is 0 Å². The molecule has 0 spiro atoms. The largest absolute Gasteiger partial charge is 0.497 e. The predicted molar refractivity (Wildman–Crippen MR) is 118 cm³/mol. The number of hydrogen-bond acceptors (Lipinski definition) is 5. The number of nitrogens with one attached hydrogen (secondary N) is 3. The number of para-hydroxylation sites is 1. The van der Waals surface area contributed by atoms with Crippen LogP contribution in [0.2, 0.25) is 5.02 Å². The molecule has 0 fully saturated rings. The molecule has 158 valence electrons. The number of rotatable bonds is 6. The molecule has 0 heterocycles. The zero-order valence-electron chi connectivity index (χ0n) is 16.4. The van der Waals surface area contributed by atoms with Crippen molar-refractivity contribution in [3.05, 3.63) is 83.1 Å². The molecule has 3 aromatic carbocycles.